The van der Waals surface area contributed by atoms with Crippen molar-refractivity contribution in [1.82, 2.24) is 21.3 Å². The summed E-state index contributed by atoms with van der Waals surface area (Å²) in [5, 5.41) is 34.8. The molecule has 0 saturated heterocycles. The lowest BCUT2D eigenvalue weighted by Gasteiger charge is -2.37. The molecule has 2 aliphatic heterocycles. The Morgan fingerprint density at radius 1 is 0.688 bits per heavy atom. The number of hydrogen-bond donors (Lipinski definition) is 8. The van der Waals surface area contributed by atoms with Crippen molar-refractivity contribution in [3.05, 3.63) is 95.2 Å². The van der Waals surface area contributed by atoms with Gasteiger partial charge in [-0.3, -0.25) is 33.6 Å². The Hall–Kier alpha value is -7.24. The average molecular weight is 883 g/mol. The SMILES string of the molecule is C=C(CCC(=O)O)NCCCCC(NC(C)=O)C(=O)Nc1ccc2c(c1)Oc1cc(NCC(=O)C(CCCCNC(=O)CCC(=O)O)NC(C)=O)ccc1C21OC(=O)c2ccccc21. The largest absolute Gasteiger partial charge is 0.481 e. The van der Waals surface area contributed by atoms with E-state index in [-0.39, 0.29) is 55.1 Å². The van der Waals surface area contributed by atoms with E-state index in [0.717, 1.165) is 0 Å². The molecule has 0 saturated carbocycles. The molecule has 0 radical (unpaired) electrons. The molecule has 3 aromatic carbocycles. The standard InChI is InChI=1S/C46H54N6O12/c1-27(14-20-42(57)58)47-22-8-7-13-37(51-29(3)54)44(61)52-31-16-18-35-40(25-31)63-39-24-30(15-17-34(39)46(35)33-11-5-4-10-32(33)45(62)64-46)49-26-38(55)36(50-28(2)53)12-6-9-23-48-41(56)19-21-43(59)60/h4-5,10-11,15-18,24-25,36-37,47,49H,1,6-9,12-14,19-23,26H2,2-3H3,(H,48,56)(H,50,53)(H,51,54)(H,52,61)(H,57,58)(H,59,60). The first-order valence-electron chi connectivity index (χ1n) is 21.1. The molecule has 0 fully saturated rings. The smallest absolute Gasteiger partial charge is 0.340 e. The first-order chi connectivity index (χ1) is 30.6. The van der Waals surface area contributed by atoms with Gasteiger partial charge in [-0.05, 0) is 75.3 Å². The quantitative estimate of drug-likeness (QED) is 0.0431. The highest BCUT2D eigenvalue weighted by Crippen LogP contribution is 2.56. The number of Topliss-reactive ketones (excluding diaryl/α,β-unsaturated/α-hetero) is 1. The number of fused-ring (bicyclic) bond motifs is 6. The van der Waals surface area contributed by atoms with Crippen LogP contribution < -0.4 is 36.6 Å². The molecule has 340 valence electrons. The van der Waals surface area contributed by atoms with Crippen LogP contribution in [0.1, 0.15) is 105 Å². The summed E-state index contributed by atoms with van der Waals surface area (Å²) in [7, 11) is 0. The monoisotopic (exact) mass is 882 g/mol. The first-order valence-corrected chi connectivity index (χ1v) is 21.1. The van der Waals surface area contributed by atoms with E-state index in [1.807, 2.05) is 0 Å². The number of carboxylic acid groups (broad SMARTS) is 2. The number of carbonyl (C=O) groups excluding carboxylic acids is 6. The third kappa shape index (κ3) is 12.7. The van der Waals surface area contributed by atoms with Crippen LogP contribution >= 0.6 is 0 Å². The fourth-order valence-electron chi connectivity index (χ4n) is 7.57. The predicted molar refractivity (Wildman–Crippen MR) is 234 cm³/mol. The maximum absolute atomic E-state index is 13.6. The van der Waals surface area contributed by atoms with Crippen LogP contribution in [0.25, 0.3) is 0 Å². The lowest BCUT2D eigenvalue weighted by atomic mass is 9.77. The molecule has 4 amide bonds. The van der Waals surface area contributed by atoms with Crippen molar-refractivity contribution in [2.24, 2.45) is 0 Å². The number of carbonyl (C=O) groups is 8. The lowest BCUT2D eigenvalue weighted by molar-refractivity contribution is -0.139. The summed E-state index contributed by atoms with van der Waals surface area (Å²) < 4.78 is 12.7. The number of nitrogens with one attached hydrogen (secondary N) is 6. The molecule has 3 unspecified atom stereocenters. The Bertz CT molecular complexity index is 2300. The highest BCUT2D eigenvalue weighted by molar-refractivity contribution is 5.99. The fraction of sp³-hybridized carbons (Fsp3) is 0.391. The van der Waals surface area contributed by atoms with Crippen molar-refractivity contribution in [1.29, 1.82) is 0 Å². The zero-order valence-electron chi connectivity index (χ0n) is 35.8. The van der Waals surface area contributed by atoms with Crippen LogP contribution in [0, 0.1) is 0 Å². The van der Waals surface area contributed by atoms with E-state index in [0.29, 0.717) is 103 Å². The number of esters is 1. The second-order valence-corrected chi connectivity index (χ2v) is 15.6. The molecule has 64 heavy (non-hydrogen) atoms. The third-order valence-corrected chi connectivity index (χ3v) is 10.7. The topological polar surface area (TPSA) is 268 Å². The number of ether oxygens (including phenoxy) is 2. The van der Waals surface area contributed by atoms with Gasteiger partial charge in [-0.15, -0.1) is 0 Å². The highest BCUT2D eigenvalue weighted by atomic mass is 16.6. The normalized spacial score (nSPS) is 15.1. The van der Waals surface area contributed by atoms with Gasteiger partial charge in [0, 0.05) is 79.3 Å². The fourth-order valence-corrected chi connectivity index (χ4v) is 7.57. The van der Waals surface area contributed by atoms with Gasteiger partial charge in [-0.2, -0.15) is 0 Å². The number of carboxylic acids is 2. The molecule has 0 bridgehead atoms. The summed E-state index contributed by atoms with van der Waals surface area (Å²) in [6.45, 7) is 7.10. The Labute approximate surface area is 369 Å². The van der Waals surface area contributed by atoms with Gasteiger partial charge in [0.05, 0.1) is 31.0 Å². The molecule has 18 nitrogen and oxygen atoms in total. The van der Waals surface area contributed by atoms with Crippen LogP contribution in [0.15, 0.2) is 72.9 Å². The van der Waals surface area contributed by atoms with Crippen LogP contribution in [0.4, 0.5) is 11.4 Å². The van der Waals surface area contributed by atoms with E-state index in [1.165, 1.54) is 13.8 Å². The maximum Gasteiger partial charge on any atom is 0.340 e. The Morgan fingerprint density at radius 3 is 1.92 bits per heavy atom. The van der Waals surface area contributed by atoms with Crippen LogP contribution in [0.3, 0.4) is 0 Å². The van der Waals surface area contributed by atoms with Gasteiger partial charge in [0.2, 0.25) is 23.6 Å². The van der Waals surface area contributed by atoms with Crippen LogP contribution in [0.5, 0.6) is 11.5 Å². The Kier molecular flexibility index (Phi) is 16.6. The van der Waals surface area contributed by atoms with Crippen molar-refractivity contribution in [3.63, 3.8) is 0 Å². The number of rotatable bonds is 25. The molecule has 2 aliphatic rings. The van der Waals surface area contributed by atoms with Gasteiger partial charge in [-0.1, -0.05) is 24.8 Å². The predicted octanol–water partition coefficient (Wildman–Crippen LogP) is 4.47. The molecule has 2 heterocycles. The highest BCUT2D eigenvalue weighted by Gasteiger charge is 2.53. The second kappa shape index (κ2) is 22.2. The number of benzene rings is 3. The average Bonchev–Trinajstić information content (AvgIpc) is 3.54. The van der Waals surface area contributed by atoms with Gasteiger partial charge in [0.15, 0.2) is 11.4 Å². The van der Waals surface area contributed by atoms with Crippen molar-refractivity contribution in [2.45, 2.75) is 95.7 Å². The summed E-state index contributed by atoms with van der Waals surface area (Å²) >= 11 is 0. The lowest BCUT2D eigenvalue weighted by Crippen LogP contribution is -2.43. The Balaban J connectivity index is 1.30. The molecule has 0 aromatic heterocycles. The minimum Gasteiger partial charge on any atom is -0.481 e. The summed E-state index contributed by atoms with van der Waals surface area (Å²) in [6, 6.07) is 15.4. The van der Waals surface area contributed by atoms with E-state index in [2.05, 4.69) is 38.5 Å². The number of allylic oxidation sites excluding steroid dienone is 1. The zero-order chi connectivity index (χ0) is 46.4. The first kappa shape index (κ1) is 47.8. The molecule has 1 spiro atoms. The number of amides is 4. The molecule has 3 aromatic rings. The van der Waals surface area contributed by atoms with Crippen molar-refractivity contribution in [3.8, 4) is 11.5 Å². The van der Waals surface area contributed by atoms with Gasteiger partial charge < -0.3 is 51.6 Å². The summed E-state index contributed by atoms with van der Waals surface area (Å²) in [5.74, 6) is -3.86. The van der Waals surface area contributed by atoms with Crippen molar-refractivity contribution >= 4 is 58.7 Å². The summed E-state index contributed by atoms with van der Waals surface area (Å²) in [6.07, 6.45) is 2.68. The number of unbranched alkanes of at least 4 members (excludes halogenated alkanes) is 2. The van der Waals surface area contributed by atoms with Crippen LogP contribution in [-0.2, 0) is 43.9 Å². The molecule has 5 rings (SSSR count). The molecule has 18 heteroatoms. The van der Waals surface area contributed by atoms with Crippen LogP contribution in [0.2, 0.25) is 0 Å². The summed E-state index contributed by atoms with van der Waals surface area (Å²) in [5.41, 5.74) is 1.98. The van der Waals surface area contributed by atoms with Gasteiger partial charge >= 0.3 is 17.9 Å². The summed E-state index contributed by atoms with van der Waals surface area (Å²) in [4.78, 5) is 97.9. The number of anilines is 2. The van der Waals surface area contributed by atoms with E-state index in [1.54, 1.807) is 60.7 Å². The van der Waals surface area contributed by atoms with E-state index >= 15 is 0 Å². The molecular weight excluding hydrogens is 829 g/mol. The number of hydrogen-bond acceptors (Lipinski definition) is 12. The van der Waals surface area contributed by atoms with Crippen LogP contribution in [-0.4, -0.2) is 89.3 Å². The van der Waals surface area contributed by atoms with Crippen molar-refractivity contribution < 1.29 is 58.0 Å². The van der Waals surface area contributed by atoms with Crippen molar-refractivity contribution in [2.75, 3.05) is 30.3 Å². The zero-order valence-corrected chi connectivity index (χ0v) is 35.8. The second-order valence-electron chi connectivity index (χ2n) is 15.6. The minimum absolute atomic E-state index is 0.0328. The molecule has 8 N–H and O–H groups in total. The molecular formula is C46H54N6O12. The third-order valence-electron chi connectivity index (χ3n) is 10.7. The Morgan fingerprint density at radius 2 is 1.27 bits per heavy atom. The van der Waals surface area contributed by atoms with Gasteiger partial charge in [0.1, 0.15) is 17.5 Å². The van der Waals surface area contributed by atoms with Gasteiger partial charge in [-0.25, -0.2) is 4.79 Å². The van der Waals surface area contributed by atoms with E-state index in [9.17, 15) is 38.4 Å². The molecule has 0 aliphatic carbocycles. The minimum atomic E-state index is -1.43. The van der Waals surface area contributed by atoms with E-state index < -0.39 is 41.5 Å². The van der Waals surface area contributed by atoms with E-state index in [4.69, 9.17) is 19.7 Å². The molecule has 3 atom stereocenters. The van der Waals surface area contributed by atoms with Gasteiger partial charge in [0.25, 0.3) is 0 Å². The number of ketones is 1. The number of aliphatic carboxylic acids is 2. The maximum atomic E-state index is 13.6.